The van der Waals surface area contributed by atoms with Gasteiger partial charge in [-0.25, -0.2) is 14.5 Å². The number of hydrogen-bond acceptors (Lipinski definition) is 4. The number of aromatic nitrogens is 5. The Morgan fingerprint density at radius 3 is 2.19 bits per heavy atom. The Balaban J connectivity index is 1.74. The summed E-state index contributed by atoms with van der Waals surface area (Å²) in [5, 5.41) is 10.3. The number of nitrogens with zero attached hydrogens (tertiary/aromatic N) is 5. The summed E-state index contributed by atoms with van der Waals surface area (Å²) in [6.07, 6.45) is 1.67. The van der Waals surface area contributed by atoms with Gasteiger partial charge in [0, 0.05) is 21.2 Å². The molecule has 3 heterocycles. The van der Waals surface area contributed by atoms with Crippen LogP contribution in [-0.2, 0) is 6.54 Å². The van der Waals surface area contributed by atoms with Crippen molar-refractivity contribution >= 4 is 44.8 Å². The van der Waals surface area contributed by atoms with Crippen molar-refractivity contribution in [2.45, 2.75) is 6.54 Å². The van der Waals surface area contributed by atoms with E-state index in [4.69, 9.17) is 23.2 Å². The molecule has 0 atom stereocenters. The largest absolute Gasteiger partial charge is 0.367 e. The molecule has 0 unspecified atom stereocenters. The van der Waals surface area contributed by atoms with Crippen LogP contribution in [-0.4, -0.2) is 24.4 Å². The molecule has 158 valence electrons. The minimum Gasteiger partial charge on any atom is -0.244 e. The minimum atomic E-state index is -0.348. The zero-order valence-corrected chi connectivity index (χ0v) is 19.5. The standard InChI is InChI=1S/C23H14BrCl2N5O/c24-20-3-1-2-18(28-20)13-30-23(32)31-22(29-30)21(15-6-10-17(26)11-7-15)19(12-27-31)14-4-8-16(25)9-5-14/h1-12H,13H2. The van der Waals surface area contributed by atoms with Crippen molar-refractivity contribution in [1.82, 2.24) is 24.4 Å². The van der Waals surface area contributed by atoms with Gasteiger partial charge in [0.25, 0.3) is 0 Å². The highest BCUT2D eigenvalue weighted by Crippen LogP contribution is 2.35. The van der Waals surface area contributed by atoms with E-state index in [1.54, 1.807) is 18.3 Å². The summed E-state index contributed by atoms with van der Waals surface area (Å²) in [5.41, 5.74) is 4.18. The fraction of sp³-hybridized carbons (Fsp3) is 0.0435. The lowest BCUT2D eigenvalue weighted by atomic mass is 9.97. The third kappa shape index (κ3) is 3.95. The second-order valence-electron chi connectivity index (χ2n) is 7.07. The van der Waals surface area contributed by atoms with Gasteiger partial charge in [-0.05, 0) is 63.5 Å². The van der Waals surface area contributed by atoms with Gasteiger partial charge in [-0.3, -0.25) is 0 Å². The van der Waals surface area contributed by atoms with Crippen molar-refractivity contribution in [2.75, 3.05) is 0 Å². The number of pyridine rings is 1. The Morgan fingerprint density at radius 2 is 1.53 bits per heavy atom. The summed E-state index contributed by atoms with van der Waals surface area (Å²) in [6.45, 7) is 0.220. The van der Waals surface area contributed by atoms with Crippen molar-refractivity contribution in [2.24, 2.45) is 0 Å². The number of benzene rings is 2. The average molecular weight is 527 g/mol. The number of fused-ring (bicyclic) bond motifs is 1. The second-order valence-corrected chi connectivity index (χ2v) is 8.76. The zero-order chi connectivity index (χ0) is 22.2. The molecular weight excluding hydrogens is 513 g/mol. The lowest BCUT2D eigenvalue weighted by molar-refractivity contribution is 0.638. The molecule has 0 saturated carbocycles. The molecule has 0 spiro atoms. The molecule has 0 aliphatic carbocycles. The first-order chi connectivity index (χ1) is 15.5. The van der Waals surface area contributed by atoms with Gasteiger partial charge in [0.05, 0.1) is 18.4 Å². The fourth-order valence-electron chi connectivity index (χ4n) is 3.50. The van der Waals surface area contributed by atoms with Crippen LogP contribution in [0.15, 0.2) is 82.3 Å². The summed E-state index contributed by atoms with van der Waals surface area (Å²) in [4.78, 5) is 17.5. The Kier molecular flexibility index (Phi) is 5.55. The second kappa shape index (κ2) is 8.50. The van der Waals surface area contributed by atoms with Gasteiger partial charge in [-0.2, -0.15) is 9.61 Å². The van der Waals surface area contributed by atoms with Gasteiger partial charge in [-0.1, -0.05) is 53.5 Å². The quantitative estimate of drug-likeness (QED) is 0.280. The van der Waals surface area contributed by atoms with Crippen molar-refractivity contribution in [1.29, 1.82) is 0 Å². The highest BCUT2D eigenvalue weighted by Gasteiger charge is 2.19. The maximum Gasteiger partial charge on any atom is 0.367 e. The van der Waals surface area contributed by atoms with Gasteiger partial charge in [0.2, 0.25) is 0 Å². The minimum absolute atomic E-state index is 0.220. The zero-order valence-electron chi connectivity index (χ0n) is 16.4. The van der Waals surface area contributed by atoms with Gasteiger partial charge in [0.15, 0.2) is 5.65 Å². The molecule has 0 amide bonds. The maximum atomic E-state index is 13.1. The van der Waals surface area contributed by atoms with Crippen LogP contribution >= 0.6 is 39.1 Å². The number of halogens is 3. The highest BCUT2D eigenvalue weighted by molar-refractivity contribution is 9.10. The van der Waals surface area contributed by atoms with Gasteiger partial charge < -0.3 is 0 Å². The predicted molar refractivity (Wildman–Crippen MR) is 129 cm³/mol. The molecule has 0 N–H and O–H groups in total. The van der Waals surface area contributed by atoms with Crippen molar-refractivity contribution in [3.05, 3.63) is 104 Å². The van der Waals surface area contributed by atoms with Crippen molar-refractivity contribution in [3.8, 4) is 22.3 Å². The van der Waals surface area contributed by atoms with Crippen LogP contribution in [0.4, 0.5) is 0 Å². The monoisotopic (exact) mass is 525 g/mol. The molecular formula is C23H14BrCl2N5O. The fourth-order valence-corrected chi connectivity index (χ4v) is 4.14. The van der Waals surface area contributed by atoms with E-state index in [1.165, 1.54) is 9.20 Å². The predicted octanol–water partition coefficient (Wildman–Crippen LogP) is 5.74. The topological polar surface area (TPSA) is 65.1 Å². The Hall–Kier alpha value is -3.00. The average Bonchev–Trinajstić information content (AvgIpc) is 3.10. The van der Waals surface area contributed by atoms with E-state index in [0.29, 0.717) is 26.0 Å². The van der Waals surface area contributed by atoms with Crippen molar-refractivity contribution in [3.63, 3.8) is 0 Å². The molecule has 2 aromatic carbocycles. The molecule has 0 aliphatic rings. The molecule has 9 heteroatoms. The molecule has 0 aliphatic heterocycles. The van der Waals surface area contributed by atoms with Crippen LogP contribution in [0.5, 0.6) is 0 Å². The van der Waals surface area contributed by atoms with E-state index >= 15 is 0 Å². The Labute approximate surface area is 201 Å². The highest BCUT2D eigenvalue weighted by atomic mass is 79.9. The summed E-state index contributed by atoms with van der Waals surface area (Å²) in [5.74, 6) is 0. The van der Waals surface area contributed by atoms with Crippen LogP contribution in [0.3, 0.4) is 0 Å². The van der Waals surface area contributed by atoms with Crippen LogP contribution < -0.4 is 5.69 Å². The molecule has 0 fully saturated rings. The molecule has 3 aromatic heterocycles. The number of hydrogen-bond donors (Lipinski definition) is 0. The molecule has 6 nitrogen and oxygen atoms in total. The first-order valence-corrected chi connectivity index (χ1v) is 11.2. The molecule has 5 rings (SSSR count). The van der Waals surface area contributed by atoms with E-state index < -0.39 is 0 Å². The normalized spacial score (nSPS) is 11.2. The molecule has 0 radical (unpaired) electrons. The van der Waals surface area contributed by atoms with E-state index in [0.717, 1.165) is 22.3 Å². The summed E-state index contributed by atoms with van der Waals surface area (Å²) < 4.78 is 3.36. The summed E-state index contributed by atoms with van der Waals surface area (Å²) in [7, 11) is 0. The first kappa shape index (κ1) is 20.9. The van der Waals surface area contributed by atoms with Gasteiger partial charge >= 0.3 is 5.69 Å². The SMILES string of the molecule is O=c1n(Cc2cccc(Br)n2)nc2c(-c3ccc(Cl)cc3)c(-c3ccc(Cl)cc3)cnn12. The number of rotatable bonds is 4. The Morgan fingerprint density at radius 1 is 0.875 bits per heavy atom. The van der Waals surface area contributed by atoms with Crippen LogP contribution in [0.1, 0.15) is 5.69 Å². The van der Waals surface area contributed by atoms with Crippen LogP contribution in [0.2, 0.25) is 10.0 Å². The van der Waals surface area contributed by atoms with Crippen LogP contribution in [0, 0.1) is 0 Å². The van der Waals surface area contributed by atoms with Gasteiger partial charge in [0.1, 0.15) is 4.60 Å². The molecule has 5 aromatic rings. The molecule has 32 heavy (non-hydrogen) atoms. The molecule has 0 saturated heterocycles. The van der Waals surface area contributed by atoms with E-state index in [-0.39, 0.29) is 12.2 Å². The lowest BCUT2D eigenvalue weighted by Crippen LogP contribution is -2.23. The maximum absolute atomic E-state index is 13.1. The van der Waals surface area contributed by atoms with E-state index in [2.05, 4.69) is 31.1 Å². The first-order valence-electron chi connectivity index (χ1n) is 9.62. The van der Waals surface area contributed by atoms with E-state index in [1.807, 2.05) is 54.6 Å². The lowest BCUT2D eigenvalue weighted by Gasteiger charge is -2.11. The van der Waals surface area contributed by atoms with Crippen molar-refractivity contribution < 1.29 is 0 Å². The smallest absolute Gasteiger partial charge is 0.244 e. The summed E-state index contributed by atoms with van der Waals surface area (Å²) in [6, 6.07) is 20.4. The third-order valence-electron chi connectivity index (χ3n) is 4.99. The third-order valence-corrected chi connectivity index (χ3v) is 5.93. The Bertz CT molecular complexity index is 1490. The van der Waals surface area contributed by atoms with Crippen LogP contribution in [0.25, 0.3) is 27.9 Å². The van der Waals surface area contributed by atoms with Gasteiger partial charge in [-0.15, -0.1) is 5.10 Å². The summed E-state index contributed by atoms with van der Waals surface area (Å²) >= 11 is 15.6. The molecule has 0 bridgehead atoms. The van der Waals surface area contributed by atoms with E-state index in [9.17, 15) is 4.79 Å².